The highest BCUT2D eigenvalue weighted by molar-refractivity contribution is 6.08. The van der Waals surface area contributed by atoms with Crippen LogP contribution in [0.4, 0.5) is 17.7 Å². The molecule has 6 heterocycles. The molecule has 2 fully saturated rings. The van der Waals surface area contributed by atoms with Gasteiger partial charge in [-0.2, -0.15) is 10.1 Å². The van der Waals surface area contributed by atoms with Crippen molar-refractivity contribution in [2.75, 3.05) is 80.8 Å². The van der Waals surface area contributed by atoms with E-state index in [4.69, 9.17) is 14.1 Å². The molecule has 0 unspecified atom stereocenters. The van der Waals surface area contributed by atoms with Crippen molar-refractivity contribution in [3.05, 3.63) is 42.2 Å². The number of morpholine rings is 1. The van der Waals surface area contributed by atoms with Gasteiger partial charge in [0.2, 0.25) is 5.65 Å². The third kappa shape index (κ3) is 5.41. The number of aromatic nitrogens is 5. The van der Waals surface area contributed by atoms with E-state index in [1.165, 1.54) is 0 Å². The van der Waals surface area contributed by atoms with Gasteiger partial charge in [-0.15, -0.1) is 0 Å². The molecular weight excluding hydrogens is 502 g/mol. The quantitative estimate of drug-likeness (QED) is 0.355. The Hall–Kier alpha value is -4.07. The van der Waals surface area contributed by atoms with Gasteiger partial charge in [0.1, 0.15) is 11.6 Å². The lowest BCUT2D eigenvalue weighted by Crippen LogP contribution is -2.48. The summed E-state index contributed by atoms with van der Waals surface area (Å²) in [6.45, 7) is 6.16. The van der Waals surface area contributed by atoms with Crippen molar-refractivity contribution in [2.24, 2.45) is 7.05 Å². The normalized spacial score (nSPS) is 16.7. The fourth-order valence-corrected chi connectivity index (χ4v) is 4.87. The van der Waals surface area contributed by atoms with Crippen molar-refractivity contribution in [1.29, 1.82) is 0 Å². The van der Waals surface area contributed by atoms with Crippen LogP contribution in [0, 0.1) is 0 Å². The molecule has 0 spiro atoms. The SMILES string of the molecule is Cn1cc(-c2cccc(NC(=O)c3cc4oc(N5CCOCC5)nc4nc3N3CCN(CCO)CC3)n2)cn1. The van der Waals surface area contributed by atoms with E-state index in [1.807, 2.05) is 30.3 Å². The second kappa shape index (κ2) is 11.0. The molecule has 2 aliphatic heterocycles. The zero-order valence-electron chi connectivity index (χ0n) is 21.8. The monoisotopic (exact) mass is 533 g/mol. The molecule has 0 aromatic carbocycles. The standard InChI is InChI=1S/C26H31N9O4/c1-32-17-18(16-27-32)20-3-2-4-22(28-20)29-25(37)19-15-21-23(31-26(39-21)35-10-13-38-14-11-35)30-24(19)34-7-5-33(6-8-34)9-12-36/h2-4,15-17,36H,5-14H2,1H3,(H,28,29,37). The van der Waals surface area contributed by atoms with Crippen LogP contribution in [-0.2, 0) is 11.8 Å². The summed E-state index contributed by atoms with van der Waals surface area (Å²) < 4.78 is 13.2. The van der Waals surface area contributed by atoms with Crippen molar-refractivity contribution in [2.45, 2.75) is 0 Å². The van der Waals surface area contributed by atoms with Crippen LogP contribution >= 0.6 is 0 Å². The van der Waals surface area contributed by atoms with Gasteiger partial charge >= 0.3 is 0 Å². The summed E-state index contributed by atoms with van der Waals surface area (Å²) in [6, 6.07) is 7.66. The molecule has 4 aromatic rings. The lowest BCUT2D eigenvalue weighted by atomic mass is 10.2. The number of anilines is 3. The molecule has 0 bridgehead atoms. The molecule has 13 heteroatoms. The molecule has 4 aromatic heterocycles. The number of aliphatic hydroxyl groups is 1. The zero-order chi connectivity index (χ0) is 26.8. The van der Waals surface area contributed by atoms with E-state index in [1.54, 1.807) is 23.0 Å². The summed E-state index contributed by atoms with van der Waals surface area (Å²) in [4.78, 5) is 34.1. The first-order chi connectivity index (χ1) is 19.1. The van der Waals surface area contributed by atoms with Gasteiger partial charge in [0.25, 0.3) is 11.9 Å². The number of pyridine rings is 2. The molecular formula is C26H31N9O4. The second-order valence-electron chi connectivity index (χ2n) is 9.59. The van der Waals surface area contributed by atoms with E-state index in [2.05, 4.69) is 30.2 Å². The maximum Gasteiger partial charge on any atom is 0.300 e. The Morgan fingerprint density at radius 3 is 2.62 bits per heavy atom. The highest BCUT2D eigenvalue weighted by Gasteiger charge is 2.26. The number of nitrogens with zero attached hydrogens (tertiary/aromatic N) is 8. The fourth-order valence-electron chi connectivity index (χ4n) is 4.87. The number of ether oxygens (including phenoxy) is 1. The van der Waals surface area contributed by atoms with Gasteiger partial charge in [-0.3, -0.25) is 14.4 Å². The van der Waals surface area contributed by atoms with Crippen LogP contribution in [0.1, 0.15) is 10.4 Å². The Kier molecular flexibility index (Phi) is 7.09. The number of hydrogen-bond acceptors (Lipinski definition) is 11. The van der Waals surface area contributed by atoms with Crippen LogP contribution in [0.25, 0.3) is 22.5 Å². The summed E-state index contributed by atoms with van der Waals surface area (Å²) in [7, 11) is 1.84. The van der Waals surface area contributed by atoms with E-state index < -0.39 is 0 Å². The number of piperazine rings is 1. The predicted octanol–water partition coefficient (Wildman–Crippen LogP) is 1.22. The number of aliphatic hydroxyl groups excluding tert-OH is 1. The van der Waals surface area contributed by atoms with Gasteiger partial charge in [-0.1, -0.05) is 6.07 Å². The number of carbonyl (C=O) groups is 1. The Labute approximate surface area is 225 Å². The van der Waals surface area contributed by atoms with Gasteiger partial charge in [0.05, 0.1) is 37.3 Å². The van der Waals surface area contributed by atoms with Gasteiger partial charge < -0.3 is 29.4 Å². The number of aryl methyl sites for hydroxylation is 1. The largest absolute Gasteiger partial charge is 0.422 e. The molecule has 0 atom stereocenters. The minimum absolute atomic E-state index is 0.117. The van der Waals surface area contributed by atoms with Gasteiger partial charge in [0.15, 0.2) is 5.58 Å². The van der Waals surface area contributed by atoms with Crippen LogP contribution < -0.4 is 15.1 Å². The van der Waals surface area contributed by atoms with Crippen LogP contribution in [0.5, 0.6) is 0 Å². The fraction of sp³-hybridized carbons (Fsp3) is 0.423. The lowest BCUT2D eigenvalue weighted by Gasteiger charge is -2.35. The van der Waals surface area contributed by atoms with E-state index in [-0.39, 0.29) is 12.5 Å². The molecule has 204 valence electrons. The molecule has 2 aliphatic rings. The van der Waals surface area contributed by atoms with Crippen molar-refractivity contribution in [3.8, 4) is 11.3 Å². The Balaban J connectivity index is 1.32. The molecule has 0 aliphatic carbocycles. The second-order valence-corrected chi connectivity index (χ2v) is 9.59. The first kappa shape index (κ1) is 25.2. The summed E-state index contributed by atoms with van der Waals surface area (Å²) >= 11 is 0. The topological polar surface area (TPSA) is 138 Å². The molecule has 1 amide bonds. The minimum Gasteiger partial charge on any atom is -0.422 e. The Morgan fingerprint density at radius 1 is 1.05 bits per heavy atom. The predicted molar refractivity (Wildman–Crippen MR) is 145 cm³/mol. The number of β-amino-alcohol motifs (C(OH)–C–C–N with tert-alkyl or cyclic N) is 1. The van der Waals surface area contributed by atoms with Crippen LogP contribution in [0.15, 0.2) is 41.1 Å². The molecule has 13 nitrogen and oxygen atoms in total. The highest BCUT2D eigenvalue weighted by Crippen LogP contribution is 2.29. The summed E-state index contributed by atoms with van der Waals surface area (Å²) in [5.74, 6) is 0.637. The summed E-state index contributed by atoms with van der Waals surface area (Å²) in [6.07, 6.45) is 3.60. The number of rotatable bonds is 7. The minimum atomic E-state index is -0.336. The van der Waals surface area contributed by atoms with Gasteiger partial charge in [0, 0.05) is 70.7 Å². The first-order valence-electron chi connectivity index (χ1n) is 13.1. The molecule has 6 rings (SSSR count). The van der Waals surface area contributed by atoms with E-state index >= 15 is 0 Å². The van der Waals surface area contributed by atoms with Crippen LogP contribution in [-0.4, -0.2) is 106 Å². The smallest absolute Gasteiger partial charge is 0.300 e. The van der Waals surface area contributed by atoms with Gasteiger partial charge in [-0.05, 0) is 12.1 Å². The number of carbonyl (C=O) groups excluding carboxylic acids is 1. The maximum atomic E-state index is 13.7. The van der Waals surface area contributed by atoms with E-state index in [0.717, 1.165) is 18.7 Å². The van der Waals surface area contributed by atoms with Crippen molar-refractivity contribution in [3.63, 3.8) is 0 Å². The number of amides is 1. The zero-order valence-corrected chi connectivity index (χ0v) is 21.8. The van der Waals surface area contributed by atoms with Crippen molar-refractivity contribution in [1.82, 2.24) is 29.6 Å². The third-order valence-corrected chi connectivity index (χ3v) is 6.96. The van der Waals surface area contributed by atoms with Gasteiger partial charge in [-0.25, -0.2) is 9.97 Å². The third-order valence-electron chi connectivity index (χ3n) is 6.96. The first-order valence-corrected chi connectivity index (χ1v) is 13.1. The molecule has 2 N–H and O–H groups in total. The highest BCUT2D eigenvalue weighted by atomic mass is 16.5. The molecule has 2 saturated heterocycles. The molecule has 0 saturated carbocycles. The summed E-state index contributed by atoms with van der Waals surface area (Å²) in [5, 5.41) is 16.5. The average Bonchev–Trinajstić information content (AvgIpc) is 3.59. The number of oxazole rings is 1. The van der Waals surface area contributed by atoms with E-state index in [9.17, 15) is 9.90 Å². The van der Waals surface area contributed by atoms with Crippen molar-refractivity contribution < 1.29 is 19.1 Å². The van der Waals surface area contributed by atoms with Crippen LogP contribution in [0.3, 0.4) is 0 Å². The number of fused-ring (bicyclic) bond motifs is 1. The van der Waals surface area contributed by atoms with Crippen LogP contribution in [0.2, 0.25) is 0 Å². The Morgan fingerprint density at radius 2 is 1.87 bits per heavy atom. The average molecular weight is 534 g/mol. The summed E-state index contributed by atoms with van der Waals surface area (Å²) in [5.41, 5.74) is 2.85. The van der Waals surface area contributed by atoms with E-state index in [0.29, 0.717) is 86.1 Å². The molecule has 0 radical (unpaired) electrons. The molecule has 39 heavy (non-hydrogen) atoms. The van der Waals surface area contributed by atoms with Crippen molar-refractivity contribution >= 4 is 34.8 Å². The maximum absolute atomic E-state index is 13.7. The Bertz CT molecular complexity index is 1450. The number of hydrogen-bond donors (Lipinski definition) is 2. The lowest BCUT2D eigenvalue weighted by molar-refractivity contribution is 0.102. The number of nitrogens with one attached hydrogen (secondary N) is 1.